The van der Waals surface area contributed by atoms with Crippen LogP contribution in [0.25, 0.3) is 0 Å². The lowest BCUT2D eigenvalue weighted by molar-refractivity contribution is -0.131. The minimum atomic E-state index is -0.387. The van der Waals surface area contributed by atoms with E-state index in [2.05, 4.69) is 5.32 Å². The Labute approximate surface area is 128 Å². The number of hydrogen-bond donors (Lipinski definition) is 2. The van der Waals surface area contributed by atoms with Crippen molar-refractivity contribution in [1.29, 1.82) is 0 Å². The van der Waals surface area contributed by atoms with E-state index in [1.54, 1.807) is 0 Å². The fraction of sp³-hybridized carbons (Fsp3) is 0.467. The summed E-state index contributed by atoms with van der Waals surface area (Å²) in [5.41, 5.74) is 0.210. The normalized spacial score (nSPS) is 14.8. The van der Waals surface area contributed by atoms with Crippen molar-refractivity contribution in [2.24, 2.45) is 0 Å². The van der Waals surface area contributed by atoms with E-state index < -0.39 is 0 Å². The average Bonchev–Trinajstić information content (AvgIpc) is 2.50. The number of phenols is 1. The number of piperidine rings is 1. The molecule has 6 heteroatoms. The van der Waals surface area contributed by atoms with Crippen molar-refractivity contribution in [1.82, 2.24) is 10.2 Å². The minimum Gasteiger partial charge on any atom is -0.508 e. The first-order valence-electron chi connectivity index (χ1n) is 7.12. The number of nitrogens with zero attached hydrogens (tertiary/aromatic N) is 1. The van der Waals surface area contributed by atoms with E-state index in [4.69, 9.17) is 11.6 Å². The third-order valence-electron chi connectivity index (χ3n) is 3.53. The van der Waals surface area contributed by atoms with Crippen LogP contribution in [0.4, 0.5) is 0 Å². The van der Waals surface area contributed by atoms with Crippen LogP contribution >= 0.6 is 11.6 Å². The number of phenolic OH excluding ortho intramolecular Hbond substituents is 1. The summed E-state index contributed by atoms with van der Waals surface area (Å²) in [6.45, 7) is 1.89. The molecule has 1 aromatic rings. The molecule has 0 saturated carbocycles. The van der Waals surface area contributed by atoms with Crippen LogP contribution < -0.4 is 5.32 Å². The highest BCUT2D eigenvalue weighted by Gasteiger charge is 2.17. The Bertz CT molecular complexity index is 528. The molecule has 114 valence electrons. The van der Waals surface area contributed by atoms with E-state index in [1.807, 2.05) is 4.90 Å². The van der Waals surface area contributed by atoms with Gasteiger partial charge in [-0.2, -0.15) is 0 Å². The number of aromatic hydroxyl groups is 1. The van der Waals surface area contributed by atoms with E-state index in [1.165, 1.54) is 24.6 Å². The van der Waals surface area contributed by atoms with Gasteiger partial charge in [-0.05, 0) is 37.5 Å². The number of benzene rings is 1. The second-order valence-electron chi connectivity index (χ2n) is 5.11. The Morgan fingerprint density at radius 2 is 1.95 bits per heavy atom. The molecular formula is C15H19ClN2O3. The molecule has 0 unspecified atom stereocenters. The maximum atomic E-state index is 11.9. The van der Waals surface area contributed by atoms with E-state index >= 15 is 0 Å². The fourth-order valence-corrected chi connectivity index (χ4v) is 2.57. The zero-order chi connectivity index (χ0) is 15.2. The molecule has 0 atom stereocenters. The summed E-state index contributed by atoms with van der Waals surface area (Å²) < 4.78 is 0. The summed E-state index contributed by atoms with van der Waals surface area (Å²) in [6.07, 6.45) is 3.56. The predicted octanol–water partition coefficient (Wildman–Crippen LogP) is 2.18. The van der Waals surface area contributed by atoms with Gasteiger partial charge in [-0.1, -0.05) is 11.6 Å². The maximum absolute atomic E-state index is 11.9. The third-order valence-corrected chi connectivity index (χ3v) is 3.86. The molecule has 0 aliphatic carbocycles. The number of amides is 2. The van der Waals surface area contributed by atoms with E-state index in [9.17, 15) is 14.7 Å². The zero-order valence-corrected chi connectivity index (χ0v) is 12.5. The smallest absolute Gasteiger partial charge is 0.252 e. The first kappa shape index (κ1) is 15.6. The third kappa shape index (κ3) is 4.36. The van der Waals surface area contributed by atoms with Crippen LogP contribution in [0, 0.1) is 0 Å². The lowest BCUT2D eigenvalue weighted by atomic mass is 10.1. The van der Waals surface area contributed by atoms with Crippen LogP contribution in [0.5, 0.6) is 5.75 Å². The first-order valence-corrected chi connectivity index (χ1v) is 7.50. The zero-order valence-electron chi connectivity index (χ0n) is 11.8. The second kappa shape index (κ2) is 7.31. The number of hydrogen-bond acceptors (Lipinski definition) is 3. The summed E-state index contributed by atoms with van der Waals surface area (Å²) in [7, 11) is 0. The molecule has 1 heterocycles. The molecule has 0 spiro atoms. The monoisotopic (exact) mass is 310 g/mol. The largest absolute Gasteiger partial charge is 0.508 e. The van der Waals surface area contributed by atoms with Crippen LogP contribution in [-0.4, -0.2) is 41.5 Å². The Hall–Kier alpha value is -1.75. The van der Waals surface area contributed by atoms with Gasteiger partial charge in [0.15, 0.2) is 0 Å². The van der Waals surface area contributed by atoms with Gasteiger partial charge in [-0.25, -0.2) is 0 Å². The van der Waals surface area contributed by atoms with Crippen molar-refractivity contribution in [3.63, 3.8) is 0 Å². The highest BCUT2D eigenvalue weighted by molar-refractivity contribution is 6.33. The van der Waals surface area contributed by atoms with E-state index in [0.29, 0.717) is 0 Å². The highest BCUT2D eigenvalue weighted by Crippen LogP contribution is 2.20. The number of likely N-dealkylation sites (tertiary alicyclic amines) is 1. The van der Waals surface area contributed by atoms with Crippen molar-refractivity contribution in [2.45, 2.75) is 25.7 Å². The van der Waals surface area contributed by atoms with Crippen LogP contribution in [0.3, 0.4) is 0 Å². The first-order chi connectivity index (χ1) is 10.1. The van der Waals surface area contributed by atoms with Gasteiger partial charge >= 0.3 is 0 Å². The van der Waals surface area contributed by atoms with Gasteiger partial charge in [0, 0.05) is 26.1 Å². The van der Waals surface area contributed by atoms with Gasteiger partial charge in [0.2, 0.25) is 5.91 Å². The maximum Gasteiger partial charge on any atom is 0.252 e. The minimum absolute atomic E-state index is 0.0195. The summed E-state index contributed by atoms with van der Waals surface area (Å²) in [6, 6.07) is 4.19. The molecular weight excluding hydrogens is 292 g/mol. The molecule has 1 saturated heterocycles. The standard InChI is InChI=1S/C15H19ClN2O3/c16-13-5-4-11(19)10-12(13)15(21)17-7-6-14(20)18-8-2-1-3-9-18/h4-5,10,19H,1-3,6-9H2,(H,17,21). The summed E-state index contributed by atoms with van der Waals surface area (Å²) in [5, 5.41) is 12.3. The van der Waals surface area contributed by atoms with Crippen LogP contribution in [0.1, 0.15) is 36.0 Å². The van der Waals surface area contributed by atoms with Gasteiger partial charge in [0.25, 0.3) is 5.91 Å². The van der Waals surface area contributed by atoms with Gasteiger partial charge < -0.3 is 15.3 Å². The lowest BCUT2D eigenvalue weighted by Gasteiger charge is -2.26. The Balaban J connectivity index is 1.81. The van der Waals surface area contributed by atoms with Crippen LogP contribution in [0.2, 0.25) is 5.02 Å². The molecule has 0 radical (unpaired) electrons. The molecule has 1 aromatic carbocycles. The molecule has 2 amide bonds. The van der Waals surface area contributed by atoms with Crippen molar-refractivity contribution in [3.8, 4) is 5.75 Å². The molecule has 1 aliphatic heterocycles. The second-order valence-corrected chi connectivity index (χ2v) is 5.52. The molecule has 21 heavy (non-hydrogen) atoms. The topological polar surface area (TPSA) is 69.6 Å². The summed E-state index contributed by atoms with van der Waals surface area (Å²) in [5.74, 6) is -0.340. The predicted molar refractivity (Wildman–Crippen MR) is 80.5 cm³/mol. The van der Waals surface area contributed by atoms with Gasteiger partial charge in [-0.15, -0.1) is 0 Å². The molecule has 0 aromatic heterocycles. The average molecular weight is 311 g/mol. The van der Waals surface area contributed by atoms with Crippen molar-refractivity contribution >= 4 is 23.4 Å². The van der Waals surface area contributed by atoms with Crippen LogP contribution in [0.15, 0.2) is 18.2 Å². The van der Waals surface area contributed by atoms with Gasteiger partial charge in [0.05, 0.1) is 10.6 Å². The van der Waals surface area contributed by atoms with Crippen molar-refractivity contribution in [2.75, 3.05) is 19.6 Å². The van der Waals surface area contributed by atoms with E-state index in [0.717, 1.165) is 25.9 Å². The Kier molecular flexibility index (Phi) is 5.44. The summed E-state index contributed by atoms with van der Waals surface area (Å²) in [4.78, 5) is 25.7. The van der Waals surface area contributed by atoms with Gasteiger partial charge in [-0.3, -0.25) is 9.59 Å². The molecule has 2 N–H and O–H groups in total. The number of nitrogens with one attached hydrogen (secondary N) is 1. The number of rotatable bonds is 4. The van der Waals surface area contributed by atoms with Crippen molar-refractivity contribution in [3.05, 3.63) is 28.8 Å². The van der Waals surface area contributed by atoms with Gasteiger partial charge in [0.1, 0.15) is 5.75 Å². The summed E-state index contributed by atoms with van der Waals surface area (Å²) >= 11 is 5.91. The Morgan fingerprint density at radius 3 is 2.67 bits per heavy atom. The fourth-order valence-electron chi connectivity index (χ4n) is 2.37. The molecule has 2 rings (SSSR count). The van der Waals surface area contributed by atoms with Crippen LogP contribution in [-0.2, 0) is 4.79 Å². The molecule has 5 nitrogen and oxygen atoms in total. The molecule has 1 aliphatic rings. The number of carbonyl (C=O) groups excluding carboxylic acids is 2. The van der Waals surface area contributed by atoms with Crippen molar-refractivity contribution < 1.29 is 14.7 Å². The lowest BCUT2D eigenvalue weighted by Crippen LogP contribution is -2.37. The van der Waals surface area contributed by atoms with E-state index in [-0.39, 0.29) is 41.1 Å². The number of halogens is 1. The number of carbonyl (C=O) groups is 2. The quantitative estimate of drug-likeness (QED) is 0.895. The molecule has 1 fully saturated rings. The Morgan fingerprint density at radius 1 is 1.24 bits per heavy atom. The molecule has 0 bridgehead atoms. The SMILES string of the molecule is O=C(NCCC(=O)N1CCCCC1)c1cc(O)ccc1Cl. The highest BCUT2D eigenvalue weighted by atomic mass is 35.5.